The fourth-order valence-electron chi connectivity index (χ4n) is 2.14. The SMILES string of the molecule is NC(=O)CCN(CCc1ccccc1)C(=O)c1cccnc1. The van der Waals surface area contributed by atoms with Crippen LogP contribution in [0.3, 0.4) is 0 Å². The second-order valence-corrected chi connectivity index (χ2v) is 4.99. The van der Waals surface area contributed by atoms with Crippen molar-refractivity contribution in [3.8, 4) is 0 Å². The van der Waals surface area contributed by atoms with Crippen LogP contribution in [0.25, 0.3) is 0 Å². The highest BCUT2D eigenvalue weighted by Gasteiger charge is 2.16. The first-order chi connectivity index (χ1) is 10.7. The van der Waals surface area contributed by atoms with Crippen molar-refractivity contribution < 1.29 is 9.59 Å². The number of hydrogen-bond donors (Lipinski definition) is 1. The van der Waals surface area contributed by atoms with Gasteiger partial charge in [0, 0.05) is 31.9 Å². The molecule has 2 amide bonds. The lowest BCUT2D eigenvalue weighted by molar-refractivity contribution is -0.118. The number of hydrogen-bond acceptors (Lipinski definition) is 3. The van der Waals surface area contributed by atoms with E-state index in [2.05, 4.69) is 4.98 Å². The molecule has 2 N–H and O–H groups in total. The Kier molecular flexibility index (Phi) is 5.65. The molecule has 114 valence electrons. The van der Waals surface area contributed by atoms with Gasteiger partial charge in [-0.1, -0.05) is 30.3 Å². The van der Waals surface area contributed by atoms with E-state index in [1.165, 1.54) is 6.20 Å². The first kappa shape index (κ1) is 15.7. The summed E-state index contributed by atoms with van der Waals surface area (Å²) in [5, 5.41) is 0. The molecular formula is C17H19N3O2. The normalized spacial score (nSPS) is 10.2. The number of nitrogens with zero attached hydrogens (tertiary/aromatic N) is 2. The van der Waals surface area contributed by atoms with Crippen molar-refractivity contribution in [2.45, 2.75) is 12.8 Å². The molecule has 0 saturated heterocycles. The molecule has 0 radical (unpaired) electrons. The van der Waals surface area contributed by atoms with Crippen molar-refractivity contribution in [1.29, 1.82) is 0 Å². The van der Waals surface area contributed by atoms with Crippen LogP contribution in [0.2, 0.25) is 0 Å². The number of aromatic nitrogens is 1. The first-order valence-electron chi connectivity index (χ1n) is 7.18. The summed E-state index contributed by atoms with van der Waals surface area (Å²) in [7, 11) is 0. The molecule has 0 bridgehead atoms. The molecule has 5 heteroatoms. The summed E-state index contributed by atoms with van der Waals surface area (Å²) in [6, 6.07) is 13.3. The number of primary amides is 1. The van der Waals surface area contributed by atoms with Gasteiger partial charge in [0.1, 0.15) is 0 Å². The average Bonchev–Trinajstić information content (AvgIpc) is 2.56. The van der Waals surface area contributed by atoms with Crippen molar-refractivity contribution in [2.75, 3.05) is 13.1 Å². The number of carbonyl (C=O) groups excluding carboxylic acids is 2. The fraction of sp³-hybridized carbons (Fsp3) is 0.235. The summed E-state index contributed by atoms with van der Waals surface area (Å²) in [6.07, 6.45) is 4.03. The Labute approximate surface area is 129 Å². The maximum absolute atomic E-state index is 12.5. The Morgan fingerprint density at radius 2 is 1.82 bits per heavy atom. The van der Waals surface area contributed by atoms with Crippen LogP contribution in [0, 0.1) is 0 Å². The van der Waals surface area contributed by atoms with Gasteiger partial charge in [-0.25, -0.2) is 0 Å². The van der Waals surface area contributed by atoms with Gasteiger partial charge < -0.3 is 10.6 Å². The van der Waals surface area contributed by atoms with Crippen LogP contribution in [0.1, 0.15) is 22.3 Å². The molecule has 0 aliphatic carbocycles. The van der Waals surface area contributed by atoms with Crippen LogP contribution in [0.15, 0.2) is 54.9 Å². The number of pyridine rings is 1. The second kappa shape index (κ2) is 7.93. The third kappa shape index (κ3) is 4.70. The van der Waals surface area contributed by atoms with E-state index in [0.717, 1.165) is 12.0 Å². The monoisotopic (exact) mass is 297 g/mol. The van der Waals surface area contributed by atoms with E-state index in [4.69, 9.17) is 5.73 Å². The highest BCUT2D eigenvalue weighted by atomic mass is 16.2. The Balaban J connectivity index is 2.05. The quantitative estimate of drug-likeness (QED) is 0.844. The number of benzene rings is 1. The molecule has 0 aliphatic heterocycles. The van der Waals surface area contributed by atoms with Crippen molar-refractivity contribution >= 4 is 11.8 Å². The third-order valence-corrected chi connectivity index (χ3v) is 3.34. The Bertz CT molecular complexity index is 614. The largest absolute Gasteiger partial charge is 0.370 e. The molecule has 2 rings (SSSR count). The third-order valence-electron chi connectivity index (χ3n) is 3.34. The highest BCUT2D eigenvalue weighted by Crippen LogP contribution is 2.07. The predicted octanol–water partition coefficient (Wildman–Crippen LogP) is 1.64. The lowest BCUT2D eigenvalue weighted by Gasteiger charge is -2.22. The van der Waals surface area contributed by atoms with Crippen LogP contribution in [-0.4, -0.2) is 34.8 Å². The summed E-state index contributed by atoms with van der Waals surface area (Å²) >= 11 is 0. The van der Waals surface area contributed by atoms with Crippen LogP contribution in [0.5, 0.6) is 0 Å². The molecule has 0 spiro atoms. The van der Waals surface area contributed by atoms with E-state index < -0.39 is 5.91 Å². The number of rotatable bonds is 7. The molecule has 0 aliphatic rings. The van der Waals surface area contributed by atoms with Gasteiger partial charge in [0.15, 0.2) is 0 Å². The predicted molar refractivity (Wildman–Crippen MR) is 84.1 cm³/mol. The average molecular weight is 297 g/mol. The van der Waals surface area contributed by atoms with E-state index in [1.807, 2.05) is 30.3 Å². The number of amides is 2. The molecule has 2 aromatic rings. The smallest absolute Gasteiger partial charge is 0.255 e. The Hall–Kier alpha value is -2.69. The van der Waals surface area contributed by atoms with E-state index >= 15 is 0 Å². The molecular weight excluding hydrogens is 278 g/mol. The van der Waals surface area contributed by atoms with E-state index in [-0.39, 0.29) is 12.3 Å². The molecule has 5 nitrogen and oxygen atoms in total. The van der Waals surface area contributed by atoms with Gasteiger partial charge in [0.25, 0.3) is 5.91 Å². The zero-order valence-electron chi connectivity index (χ0n) is 12.3. The van der Waals surface area contributed by atoms with Gasteiger partial charge in [0.05, 0.1) is 5.56 Å². The molecule has 0 atom stereocenters. The van der Waals surface area contributed by atoms with Gasteiger partial charge in [-0.05, 0) is 24.1 Å². The maximum Gasteiger partial charge on any atom is 0.255 e. The van der Waals surface area contributed by atoms with Crippen LogP contribution in [0.4, 0.5) is 0 Å². The zero-order chi connectivity index (χ0) is 15.8. The lowest BCUT2D eigenvalue weighted by Crippen LogP contribution is -2.35. The molecule has 22 heavy (non-hydrogen) atoms. The van der Waals surface area contributed by atoms with Gasteiger partial charge in [-0.3, -0.25) is 14.6 Å². The van der Waals surface area contributed by atoms with Crippen LogP contribution < -0.4 is 5.73 Å². The van der Waals surface area contributed by atoms with Crippen molar-refractivity contribution in [3.05, 3.63) is 66.0 Å². The summed E-state index contributed by atoms with van der Waals surface area (Å²) in [4.78, 5) is 29.1. The fourth-order valence-corrected chi connectivity index (χ4v) is 2.14. The molecule has 1 aromatic heterocycles. The molecule has 1 heterocycles. The number of carbonyl (C=O) groups is 2. The van der Waals surface area contributed by atoms with E-state index in [1.54, 1.807) is 23.2 Å². The summed E-state index contributed by atoms with van der Waals surface area (Å²) < 4.78 is 0. The second-order valence-electron chi connectivity index (χ2n) is 4.99. The first-order valence-corrected chi connectivity index (χ1v) is 7.18. The van der Waals surface area contributed by atoms with Crippen LogP contribution in [-0.2, 0) is 11.2 Å². The highest BCUT2D eigenvalue weighted by molar-refractivity contribution is 5.94. The molecule has 0 fully saturated rings. The van der Waals surface area contributed by atoms with Gasteiger partial charge in [-0.2, -0.15) is 0 Å². The lowest BCUT2D eigenvalue weighted by atomic mass is 10.1. The van der Waals surface area contributed by atoms with Crippen LogP contribution >= 0.6 is 0 Å². The van der Waals surface area contributed by atoms with Gasteiger partial charge in [0.2, 0.25) is 5.91 Å². The number of nitrogens with two attached hydrogens (primary N) is 1. The van der Waals surface area contributed by atoms with Crippen molar-refractivity contribution in [2.24, 2.45) is 5.73 Å². The summed E-state index contributed by atoms with van der Waals surface area (Å²) in [5.74, 6) is -0.547. The topological polar surface area (TPSA) is 76.3 Å². The van der Waals surface area contributed by atoms with E-state index in [0.29, 0.717) is 18.7 Å². The zero-order valence-corrected chi connectivity index (χ0v) is 12.3. The summed E-state index contributed by atoms with van der Waals surface area (Å²) in [5.41, 5.74) is 6.86. The molecule has 0 saturated carbocycles. The standard InChI is InChI=1S/C17H19N3O2/c18-16(21)9-12-20(11-8-14-5-2-1-3-6-14)17(22)15-7-4-10-19-13-15/h1-7,10,13H,8-9,11-12H2,(H2,18,21). The maximum atomic E-state index is 12.5. The summed E-state index contributed by atoms with van der Waals surface area (Å²) in [6.45, 7) is 0.848. The molecule has 0 unspecified atom stereocenters. The van der Waals surface area contributed by atoms with Crippen molar-refractivity contribution in [3.63, 3.8) is 0 Å². The minimum atomic E-state index is -0.413. The van der Waals surface area contributed by atoms with Crippen molar-refractivity contribution in [1.82, 2.24) is 9.88 Å². The minimum Gasteiger partial charge on any atom is -0.370 e. The minimum absolute atomic E-state index is 0.134. The molecule has 1 aromatic carbocycles. The Morgan fingerprint density at radius 3 is 2.45 bits per heavy atom. The van der Waals surface area contributed by atoms with Gasteiger partial charge in [-0.15, -0.1) is 0 Å². The van der Waals surface area contributed by atoms with E-state index in [9.17, 15) is 9.59 Å². The Morgan fingerprint density at radius 1 is 1.05 bits per heavy atom. The van der Waals surface area contributed by atoms with Gasteiger partial charge >= 0.3 is 0 Å².